The van der Waals surface area contributed by atoms with Gasteiger partial charge in [0.2, 0.25) is 0 Å². The summed E-state index contributed by atoms with van der Waals surface area (Å²) in [6, 6.07) is 0. The Morgan fingerprint density at radius 2 is 1.71 bits per heavy atom. The summed E-state index contributed by atoms with van der Waals surface area (Å²) >= 11 is 0. The van der Waals surface area contributed by atoms with Crippen molar-refractivity contribution in [3.63, 3.8) is 0 Å². The normalized spacial score (nSPS) is 42.3. The molecule has 38 heavy (non-hydrogen) atoms. The van der Waals surface area contributed by atoms with Crippen LogP contribution in [0.2, 0.25) is 0 Å². The van der Waals surface area contributed by atoms with Crippen LogP contribution >= 0.6 is 0 Å². The molecule has 0 spiro atoms. The molecule has 0 amide bonds. The van der Waals surface area contributed by atoms with Crippen molar-refractivity contribution in [2.75, 3.05) is 0 Å². The summed E-state index contributed by atoms with van der Waals surface area (Å²) in [4.78, 5) is 24.9. The molecule has 0 saturated heterocycles. The minimum atomic E-state index is -0.441. The third-order valence-corrected chi connectivity index (χ3v) is 12.0. The number of aliphatic hydroxyl groups is 1. The first-order valence-corrected chi connectivity index (χ1v) is 15.8. The fourth-order valence-corrected chi connectivity index (χ4v) is 9.64. The topological polar surface area (TPSA) is 72.8 Å². The molecular formula is C33H56O5. The Balaban J connectivity index is 1.42. The van der Waals surface area contributed by atoms with Gasteiger partial charge in [0, 0.05) is 6.42 Å². The number of carbonyl (C=O) groups excluding carboxylic acids is 2. The van der Waals surface area contributed by atoms with Crippen LogP contribution in [0.25, 0.3) is 0 Å². The Kier molecular flexibility index (Phi) is 8.69. The Bertz CT molecular complexity index is 862. The van der Waals surface area contributed by atoms with Crippen LogP contribution in [0, 0.1) is 52.3 Å². The third kappa shape index (κ3) is 5.56. The number of fused-ring (bicyclic) bond motifs is 5. The summed E-state index contributed by atoms with van der Waals surface area (Å²) < 4.78 is 11.5. The molecule has 0 radical (unpaired) electrons. The van der Waals surface area contributed by atoms with Gasteiger partial charge in [0.1, 0.15) is 11.7 Å². The van der Waals surface area contributed by atoms with E-state index in [9.17, 15) is 14.7 Å². The van der Waals surface area contributed by atoms with Crippen LogP contribution in [-0.2, 0) is 19.1 Å². The van der Waals surface area contributed by atoms with E-state index < -0.39 is 5.60 Å². The predicted octanol–water partition coefficient (Wildman–Crippen LogP) is 7.33. The van der Waals surface area contributed by atoms with Gasteiger partial charge in [-0.1, -0.05) is 34.6 Å². The van der Waals surface area contributed by atoms with Crippen LogP contribution < -0.4 is 0 Å². The van der Waals surface area contributed by atoms with Crippen molar-refractivity contribution in [3.8, 4) is 0 Å². The van der Waals surface area contributed by atoms with Crippen molar-refractivity contribution in [2.24, 2.45) is 52.3 Å². The second-order valence-corrected chi connectivity index (χ2v) is 15.2. The summed E-state index contributed by atoms with van der Waals surface area (Å²) in [6.45, 7) is 16.9. The quantitative estimate of drug-likeness (QED) is 0.348. The highest BCUT2D eigenvalue weighted by atomic mass is 16.6. The summed E-state index contributed by atoms with van der Waals surface area (Å²) in [5.74, 6) is 3.05. The second kappa shape index (κ2) is 11.1. The average molecular weight is 533 g/mol. The zero-order chi connectivity index (χ0) is 28.0. The zero-order valence-electron chi connectivity index (χ0n) is 25.6. The third-order valence-electron chi connectivity index (χ3n) is 12.0. The Labute approximate surface area is 232 Å². The van der Waals surface area contributed by atoms with E-state index in [1.54, 1.807) is 0 Å². The minimum Gasteiger partial charge on any atom is -0.462 e. The monoisotopic (exact) mass is 532 g/mol. The van der Waals surface area contributed by atoms with Gasteiger partial charge in [0.25, 0.3) is 0 Å². The van der Waals surface area contributed by atoms with E-state index in [0.717, 1.165) is 44.9 Å². The van der Waals surface area contributed by atoms with Gasteiger partial charge in [-0.15, -0.1) is 0 Å². The van der Waals surface area contributed by atoms with Gasteiger partial charge < -0.3 is 14.6 Å². The van der Waals surface area contributed by atoms with Gasteiger partial charge in [-0.2, -0.15) is 0 Å². The molecule has 4 saturated carbocycles. The first-order chi connectivity index (χ1) is 17.7. The summed E-state index contributed by atoms with van der Waals surface area (Å²) in [5, 5.41) is 11.8. The number of hydrogen-bond donors (Lipinski definition) is 1. The van der Waals surface area contributed by atoms with Gasteiger partial charge in [-0.05, 0) is 131 Å². The van der Waals surface area contributed by atoms with E-state index in [1.807, 2.05) is 34.6 Å². The van der Waals surface area contributed by atoms with E-state index >= 15 is 0 Å². The minimum absolute atomic E-state index is 0.0212. The highest BCUT2D eigenvalue weighted by Crippen LogP contribution is 2.68. The van der Waals surface area contributed by atoms with Crippen LogP contribution in [0.3, 0.4) is 0 Å². The molecule has 11 atom stereocenters. The Morgan fingerprint density at radius 1 is 1.00 bits per heavy atom. The first kappa shape index (κ1) is 29.9. The van der Waals surface area contributed by atoms with Gasteiger partial charge in [-0.25, -0.2) is 0 Å². The van der Waals surface area contributed by atoms with Crippen molar-refractivity contribution in [2.45, 2.75) is 144 Å². The van der Waals surface area contributed by atoms with Crippen LogP contribution in [0.5, 0.6) is 0 Å². The number of aliphatic hydroxyl groups excluding tert-OH is 1. The van der Waals surface area contributed by atoms with E-state index in [0.29, 0.717) is 41.9 Å². The van der Waals surface area contributed by atoms with Crippen molar-refractivity contribution in [3.05, 3.63) is 0 Å². The Morgan fingerprint density at radius 3 is 2.37 bits per heavy atom. The highest BCUT2D eigenvalue weighted by Gasteiger charge is 2.63. The lowest BCUT2D eigenvalue weighted by atomic mass is 9.43. The second-order valence-electron chi connectivity index (χ2n) is 15.2. The van der Waals surface area contributed by atoms with Crippen LogP contribution in [-0.4, -0.2) is 34.9 Å². The molecule has 218 valence electrons. The maximum atomic E-state index is 12.5. The van der Waals surface area contributed by atoms with E-state index in [4.69, 9.17) is 9.47 Å². The van der Waals surface area contributed by atoms with Gasteiger partial charge in [0.15, 0.2) is 0 Å². The SMILES string of the molecule is CCC(C)C(=O)OC1CC[C@@]2(C)C(CCC3C2CC(O)[C@]2(C)C(C(C)CCC(=O)OC(C)(C)C)CCC32)C1. The average Bonchev–Trinajstić information content (AvgIpc) is 3.20. The Hall–Kier alpha value is -1.10. The molecule has 9 unspecified atom stereocenters. The largest absolute Gasteiger partial charge is 0.462 e. The van der Waals surface area contributed by atoms with Gasteiger partial charge >= 0.3 is 11.9 Å². The fourth-order valence-electron chi connectivity index (χ4n) is 9.64. The molecular weight excluding hydrogens is 476 g/mol. The van der Waals surface area contributed by atoms with Crippen LogP contribution in [0.1, 0.15) is 126 Å². The zero-order valence-corrected chi connectivity index (χ0v) is 25.6. The number of ether oxygens (including phenoxy) is 2. The molecule has 0 aliphatic heterocycles. The summed E-state index contributed by atoms with van der Waals surface area (Å²) in [5.41, 5.74) is -0.283. The lowest BCUT2D eigenvalue weighted by Gasteiger charge is -2.62. The molecule has 4 rings (SSSR count). The molecule has 0 aromatic carbocycles. The standard InChI is InChI=1S/C33H56O5/c1-9-20(2)30(36)37-23-16-17-32(7)22(18-23)11-12-24-26-14-13-25(33(26,8)28(34)19-27(24)32)21(3)10-15-29(35)38-31(4,5)6/h20-28,34H,9-19H2,1-8H3/t20?,21?,22?,23?,24?,25?,26?,27?,28?,32-,33+/m0/s1. The number of carbonyl (C=O) groups is 2. The van der Waals surface area contributed by atoms with Crippen LogP contribution in [0.4, 0.5) is 0 Å². The first-order valence-electron chi connectivity index (χ1n) is 15.8. The molecule has 0 aromatic rings. The molecule has 5 nitrogen and oxygen atoms in total. The number of hydrogen-bond acceptors (Lipinski definition) is 5. The van der Waals surface area contributed by atoms with Crippen molar-refractivity contribution in [1.82, 2.24) is 0 Å². The molecule has 5 heteroatoms. The summed E-state index contributed by atoms with van der Waals surface area (Å²) in [6.07, 6.45) is 10.7. The predicted molar refractivity (Wildman–Crippen MR) is 150 cm³/mol. The van der Waals surface area contributed by atoms with Gasteiger partial charge in [-0.3, -0.25) is 9.59 Å². The van der Waals surface area contributed by atoms with Crippen molar-refractivity contribution >= 4 is 11.9 Å². The maximum absolute atomic E-state index is 12.5. The lowest BCUT2D eigenvalue weighted by Crippen LogP contribution is -2.59. The summed E-state index contributed by atoms with van der Waals surface area (Å²) in [7, 11) is 0. The van der Waals surface area contributed by atoms with Crippen molar-refractivity contribution in [1.29, 1.82) is 0 Å². The number of rotatable bonds is 7. The van der Waals surface area contributed by atoms with E-state index in [1.165, 1.54) is 19.3 Å². The van der Waals surface area contributed by atoms with Gasteiger partial charge in [0.05, 0.1) is 12.0 Å². The van der Waals surface area contributed by atoms with E-state index in [2.05, 4.69) is 20.8 Å². The lowest BCUT2D eigenvalue weighted by molar-refractivity contribution is -0.183. The molecule has 1 N–H and O–H groups in total. The maximum Gasteiger partial charge on any atom is 0.308 e. The highest BCUT2D eigenvalue weighted by molar-refractivity contribution is 5.72. The molecule has 0 heterocycles. The molecule has 4 fully saturated rings. The fraction of sp³-hybridized carbons (Fsp3) is 0.939. The van der Waals surface area contributed by atoms with Crippen LogP contribution in [0.15, 0.2) is 0 Å². The van der Waals surface area contributed by atoms with Crippen molar-refractivity contribution < 1.29 is 24.2 Å². The molecule has 4 aliphatic carbocycles. The smallest absolute Gasteiger partial charge is 0.308 e. The molecule has 0 bridgehead atoms. The molecule has 0 aromatic heterocycles. The molecule has 4 aliphatic rings. The van der Waals surface area contributed by atoms with E-state index in [-0.39, 0.29) is 40.9 Å². The number of esters is 2.